The van der Waals surface area contributed by atoms with Gasteiger partial charge in [0.1, 0.15) is 17.8 Å². The molecular weight excluding hydrogens is 494 g/mol. The minimum absolute atomic E-state index is 0.0316. The summed E-state index contributed by atoms with van der Waals surface area (Å²) in [5.41, 5.74) is 4.81. The van der Waals surface area contributed by atoms with Crippen molar-refractivity contribution in [2.24, 2.45) is 0 Å². The van der Waals surface area contributed by atoms with Crippen molar-refractivity contribution < 1.29 is 23.8 Å². The molecule has 0 saturated carbocycles. The van der Waals surface area contributed by atoms with E-state index in [2.05, 4.69) is 11.1 Å². The molecular formula is C31H31N3O5. The molecule has 6 rings (SSSR count). The maximum Gasteiger partial charge on any atom is 0.246 e. The van der Waals surface area contributed by atoms with Crippen molar-refractivity contribution >= 4 is 22.7 Å². The first kappa shape index (κ1) is 24.9. The Morgan fingerprint density at radius 1 is 0.897 bits per heavy atom. The highest BCUT2D eigenvalue weighted by atomic mass is 16.5. The van der Waals surface area contributed by atoms with Crippen LogP contribution in [0.4, 0.5) is 0 Å². The standard InChI is InChI=1S/C31H31N3O5/c1-37-20-13-11-19(12-14-20)15-16-33-18-27(35)34-25(31(33)36)17-23-21-7-4-5-9-24(21)32-28(23)29(34)22-8-6-10-26(38-2)30(22)39-3/h4-14,25,29,32H,15-18H2,1-3H3/t25-,29+/m0/s1. The third-order valence-corrected chi connectivity index (χ3v) is 7.90. The first-order chi connectivity index (χ1) is 19.0. The largest absolute Gasteiger partial charge is 0.497 e. The predicted octanol–water partition coefficient (Wildman–Crippen LogP) is 4.12. The molecule has 0 spiro atoms. The molecule has 4 aromatic rings. The number of aromatic nitrogens is 1. The number of benzene rings is 3. The minimum atomic E-state index is -0.616. The number of methoxy groups -OCH3 is 3. The van der Waals surface area contributed by atoms with Crippen molar-refractivity contribution in [2.45, 2.75) is 24.9 Å². The monoisotopic (exact) mass is 525 g/mol. The van der Waals surface area contributed by atoms with E-state index in [1.54, 1.807) is 31.1 Å². The molecule has 0 unspecified atom stereocenters. The first-order valence-corrected chi connectivity index (χ1v) is 13.1. The first-order valence-electron chi connectivity index (χ1n) is 13.1. The van der Waals surface area contributed by atoms with Crippen LogP contribution < -0.4 is 14.2 Å². The van der Waals surface area contributed by atoms with Gasteiger partial charge in [-0.3, -0.25) is 9.59 Å². The molecule has 39 heavy (non-hydrogen) atoms. The van der Waals surface area contributed by atoms with E-state index in [1.807, 2.05) is 60.7 Å². The Balaban J connectivity index is 1.40. The molecule has 3 aromatic carbocycles. The van der Waals surface area contributed by atoms with Gasteiger partial charge in [-0.1, -0.05) is 42.5 Å². The Hall–Kier alpha value is -4.46. The van der Waals surface area contributed by atoms with E-state index >= 15 is 0 Å². The number of amides is 2. The molecule has 8 nitrogen and oxygen atoms in total. The molecule has 0 radical (unpaired) electrons. The summed E-state index contributed by atoms with van der Waals surface area (Å²) in [6.07, 6.45) is 1.10. The number of piperazine rings is 1. The number of fused-ring (bicyclic) bond motifs is 4. The second kappa shape index (κ2) is 10.0. The average Bonchev–Trinajstić information content (AvgIpc) is 3.35. The number of carbonyl (C=O) groups excluding carboxylic acids is 2. The van der Waals surface area contributed by atoms with Crippen molar-refractivity contribution in [3.8, 4) is 17.2 Å². The fourth-order valence-corrected chi connectivity index (χ4v) is 6.02. The van der Waals surface area contributed by atoms with E-state index in [9.17, 15) is 9.59 Å². The summed E-state index contributed by atoms with van der Waals surface area (Å²) in [4.78, 5) is 34.9. The van der Waals surface area contributed by atoms with E-state index in [-0.39, 0.29) is 18.4 Å². The molecule has 8 heteroatoms. The molecule has 2 amide bonds. The van der Waals surface area contributed by atoms with Crippen LogP contribution in [0.15, 0.2) is 66.7 Å². The Labute approximate surface area is 227 Å². The normalized spacial score (nSPS) is 18.6. The molecule has 1 fully saturated rings. The molecule has 1 N–H and O–H groups in total. The Bertz CT molecular complexity index is 1540. The second-order valence-corrected chi connectivity index (χ2v) is 9.93. The molecule has 0 aliphatic carbocycles. The summed E-state index contributed by atoms with van der Waals surface area (Å²) in [5, 5.41) is 1.06. The van der Waals surface area contributed by atoms with Crippen LogP contribution in [0.5, 0.6) is 17.2 Å². The predicted molar refractivity (Wildman–Crippen MR) is 147 cm³/mol. The van der Waals surface area contributed by atoms with Gasteiger partial charge in [0.25, 0.3) is 0 Å². The number of H-pyrrole nitrogens is 1. The van der Waals surface area contributed by atoms with Crippen LogP contribution >= 0.6 is 0 Å². The van der Waals surface area contributed by atoms with Gasteiger partial charge in [0.15, 0.2) is 11.5 Å². The van der Waals surface area contributed by atoms with Crippen molar-refractivity contribution in [1.82, 2.24) is 14.8 Å². The lowest BCUT2D eigenvalue weighted by molar-refractivity contribution is -0.158. The van der Waals surface area contributed by atoms with Crippen LogP contribution in [0.2, 0.25) is 0 Å². The maximum absolute atomic E-state index is 14.0. The van der Waals surface area contributed by atoms with E-state index in [0.717, 1.165) is 39.0 Å². The zero-order valence-electron chi connectivity index (χ0n) is 22.3. The zero-order valence-corrected chi connectivity index (χ0v) is 22.3. The van der Waals surface area contributed by atoms with Gasteiger partial charge in [0, 0.05) is 35.1 Å². The van der Waals surface area contributed by atoms with E-state index in [0.29, 0.717) is 30.9 Å². The van der Waals surface area contributed by atoms with Crippen LogP contribution in [0.3, 0.4) is 0 Å². The molecule has 2 atom stereocenters. The lowest BCUT2D eigenvalue weighted by Crippen LogP contribution is -2.63. The van der Waals surface area contributed by atoms with Crippen LogP contribution in [0.1, 0.15) is 28.4 Å². The third-order valence-electron chi connectivity index (χ3n) is 7.90. The number of nitrogens with zero attached hydrogens (tertiary/aromatic N) is 2. The number of hydrogen-bond donors (Lipinski definition) is 1. The smallest absolute Gasteiger partial charge is 0.246 e. The number of ether oxygens (including phenoxy) is 3. The number of rotatable bonds is 7. The lowest BCUT2D eigenvalue weighted by Gasteiger charge is -2.47. The third kappa shape index (κ3) is 4.16. The van der Waals surface area contributed by atoms with Crippen LogP contribution in [0, 0.1) is 0 Å². The molecule has 1 aromatic heterocycles. The number of hydrogen-bond acceptors (Lipinski definition) is 5. The Kier molecular flexibility index (Phi) is 6.38. The van der Waals surface area contributed by atoms with Crippen LogP contribution in [-0.4, -0.2) is 67.1 Å². The maximum atomic E-state index is 14.0. The van der Waals surface area contributed by atoms with Crippen molar-refractivity contribution in [1.29, 1.82) is 0 Å². The molecule has 0 bridgehead atoms. The van der Waals surface area contributed by atoms with Gasteiger partial charge >= 0.3 is 0 Å². The number of para-hydroxylation sites is 2. The highest BCUT2D eigenvalue weighted by Crippen LogP contribution is 2.47. The van der Waals surface area contributed by atoms with Gasteiger partial charge in [0.2, 0.25) is 11.8 Å². The number of carbonyl (C=O) groups is 2. The Morgan fingerprint density at radius 3 is 2.44 bits per heavy atom. The summed E-state index contributed by atoms with van der Waals surface area (Å²) in [6, 6.07) is 20.4. The van der Waals surface area contributed by atoms with Crippen LogP contribution in [-0.2, 0) is 22.4 Å². The van der Waals surface area contributed by atoms with Crippen LogP contribution in [0.25, 0.3) is 10.9 Å². The van der Waals surface area contributed by atoms with Gasteiger partial charge in [0.05, 0.1) is 27.9 Å². The topological polar surface area (TPSA) is 84.1 Å². The van der Waals surface area contributed by atoms with E-state index in [1.165, 1.54) is 0 Å². The summed E-state index contributed by atoms with van der Waals surface area (Å²) in [7, 11) is 4.82. The van der Waals surface area contributed by atoms with E-state index < -0.39 is 12.1 Å². The minimum Gasteiger partial charge on any atom is -0.497 e. The van der Waals surface area contributed by atoms with Gasteiger partial charge in [-0.15, -0.1) is 0 Å². The SMILES string of the molecule is COc1ccc(CCN2CC(=O)N3[C@H](c4cccc(OC)c4OC)c4[nH]c5ccccc5c4C[C@H]3C2=O)cc1. The van der Waals surface area contributed by atoms with E-state index in [4.69, 9.17) is 14.2 Å². The molecule has 3 heterocycles. The number of aromatic amines is 1. The van der Waals surface area contributed by atoms with Crippen molar-refractivity contribution in [3.63, 3.8) is 0 Å². The summed E-state index contributed by atoms with van der Waals surface area (Å²) in [6.45, 7) is 0.499. The average molecular weight is 526 g/mol. The van der Waals surface area contributed by atoms with Crippen molar-refractivity contribution in [3.05, 3.63) is 89.1 Å². The Morgan fingerprint density at radius 2 is 1.69 bits per heavy atom. The fraction of sp³-hybridized carbons (Fsp3) is 0.290. The summed E-state index contributed by atoms with van der Waals surface area (Å²) < 4.78 is 16.6. The summed E-state index contributed by atoms with van der Waals surface area (Å²) in [5.74, 6) is 1.79. The fourth-order valence-electron chi connectivity index (χ4n) is 6.02. The van der Waals surface area contributed by atoms with Gasteiger partial charge in [-0.2, -0.15) is 0 Å². The summed E-state index contributed by atoms with van der Waals surface area (Å²) >= 11 is 0. The van der Waals surface area contributed by atoms with Gasteiger partial charge in [-0.05, 0) is 41.8 Å². The zero-order chi connectivity index (χ0) is 27.1. The highest BCUT2D eigenvalue weighted by Gasteiger charge is 2.48. The van der Waals surface area contributed by atoms with Gasteiger partial charge in [-0.25, -0.2) is 0 Å². The highest BCUT2D eigenvalue weighted by molar-refractivity contribution is 5.97. The van der Waals surface area contributed by atoms with Gasteiger partial charge < -0.3 is 29.0 Å². The second-order valence-electron chi connectivity index (χ2n) is 9.93. The molecule has 2 aliphatic heterocycles. The molecule has 2 aliphatic rings. The van der Waals surface area contributed by atoms with Crippen molar-refractivity contribution in [2.75, 3.05) is 34.4 Å². The number of nitrogens with one attached hydrogen (secondary N) is 1. The lowest BCUT2D eigenvalue weighted by atomic mass is 9.85. The quantitative estimate of drug-likeness (QED) is 0.393. The molecule has 1 saturated heterocycles. The molecule has 200 valence electrons.